The fourth-order valence-electron chi connectivity index (χ4n) is 2.81. The number of hydrogen-bond acceptors (Lipinski definition) is 4. The first kappa shape index (κ1) is 18.8. The first-order valence-corrected chi connectivity index (χ1v) is 8.58. The van der Waals surface area contributed by atoms with E-state index in [-0.39, 0.29) is 5.91 Å². The number of benzene rings is 1. The Balaban J connectivity index is 1.81. The molecule has 0 aliphatic carbocycles. The number of aromatic nitrogens is 3. The summed E-state index contributed by atoms with van der Waals surface area (Å²) in [7, 11) is 0. The van der Waals surface area contributed by atoms with Crippen molar-refractivity contribution in [3.8, 4) is 5.75 Å². The molecule has 3 rings (SSSR count). The molecule has 0 spiro atoms. The maximum atomic E-state index is 12.3. The number of aryl methyl sites for hydroxylation is 1. The summed E-state index contributed by atoms with van der Waals surface area (Å²) in [5.41, 5.74) is 2.74. The molecule has 0 aliphatic rings. The Hall–Kier alpha value is -3.03. The largest absolute Gasteiger partial charge is 0.487 e. The molecule has 0 atom stereocenters. The van der Waals surface area contributed by atoms with Crippen molar-refractivity contribution in [3.05, 3.63) is 53.5 Å². The van der Waals surface area contributed by atoms with E-state index in [1.54, 1.807) is 36.1 Å². The van der Waals surface area contributed by atoms with Crippen LogP contribution in [0.3, 0.4) is 0 Å². The van der Waals surface area contributed by atoms with Crippen molar-refractivity contribution < 1.29 is 18.3 Å². The molecule has 27 heavy (non-hydrogen) atoms. The Labute approximate surface area is 155 Å². The van der Waals surface area contributed by atoms with Crippen molar-refractivity contribution in [1.82, 2.24) is 20.1 Å². The highest BCUT2D eigenvalue weighted by Gasteiger charge is 2.14. The van der Waals surface area contributed by atoms with Crippen LogP contribution in [0.1, 0.15) is 28.5 Å². The van der Waals surface area contributed by atoms with Gasteiger partial charge in [-0.2, -0.15) is 5.10 Å². The van der Waals surface area contributed by atoms with E-state index in [0.717, 1.165) is 11.1 Å². The third-order valence-corrected chi connectivity index (χ3v) is 3.98. The Morgan fingerprint density at radius 1 is 1.33 bits per heavy atom. The Morgan fingerprint density at radius 2 is 2.15 bits per heavy atom. The third kappa shape index (κ3) is 4.39. The van der Waals surface area contributed by atoms with Crippen LogP contribution in [0, 0.1) is 6.92 Å². The third-order valence-electron chi connectivity index (χ3n) is 3.98. The number of carbonyl (C=O) groups is 1. The molecule has 142 valence electrons. The number of amides is 1. The zero-order chi connectivity index (χ0) is 19.4. The normalized spacial score (nSPS) is 11.1. The van der Waals surface area contributed by atoms with Gasteiger partial charge in [-0.25, -0.2) is 8.78 Å². The first-order valence-electron chi connectivity index (χ1n) is 8.58. The monoisotopic (exact) mass is 374 g/mol. The van der Waals surface area contributed by atoms with Crippen LogP contribution >= 0.6 is 0 Å². The summed E-state index contributed by atoms with van der Waals surface area (Å²) in [6.07, 6.45) is 0.834. The molecule has 3 aromatic rings. The molecular formula is C19H20F2N4O2. The number of nitrogens with one attached hydrogen (secondary N) is 1. The maximum absolute atomic E-state index is 12.3. The first-order chi connectivity index (χ1) is 13.0. The number of halogens is 2. The van der Waals surface area contributed by atoms with Crippen molar-refractivity contribution in [2.24, 2.45) is 0 Å². The van der Waals surface area contributed by atoms with Crippen LogP contribution in [-0.4, -0.2) is 40.2 Å². The number of hydrogen-bond donors (Lipinski definition) is 1. The minimum absolute atomic E-state index is 0.237. The molecule has 0 saturated heterocycles. The molecule has 2 aromatic heterocycles. The summed E-state index contributed by atoms with van der Waals surface area (Å²) in [5.74, 6) is 0.200. The summed E-state index contributed by atoms with van der Waals surface area (Å²) >= 11 is 0. The lowest BCUT2D eigenvalue weighted by atomic mass is 10.1. The maximum Gasteiger partial charge on any atom is 0.272 e. The smallest absolute Gasteiger partial charge is 0.272 e. The van der Waals surface area contributed by atoms with Crippen LogP contribution in [0.2, 0.25) is 0 Å². The number of rotatable bonds is 7. The molecule has 0 unspecified atom stereocenters. The fraction of sp³-hybridized carbons (Fsp3) is 0.316. The molecule has 0 fully saturated rings. The van der Waals surface area contributed by atoms with Crippen molar-refractivity contribution in [2.75, 3.05) is 13.2 Å². The fourth-order valence-corrected chi connectivity index (χ4v) is 2.81. The van der Waals surface area contributed by atoms with Gasteiger partial charge in [0, 0.05) is 18.9 Å². The molecule has 1 N–H and O–H groups in total. The van der Waals surface area contributed by atoms with Gasteiger partial charge in [-0.1, -0.05) is 12.1 Å². The quantitative estimate of drug-likeness (QED) is 0.690. The van der Waals surface area contributed by atoms with Gasteiger partial charge in [0.1, 0.15) is 18.1 Å². The van der Waals surface area contributed by atoms with Crippen LogP contribution in [0.15, 0.2) is 36.7 Å². The van der Waals surface area contributed by atoms with Crippen LogP contribution in [0.5, 0.6) is 5.75 Å². The van der Waals surface area contributed by atoms with Crippen LogP contribution < -0.4 is 10.1 Å². The zero-order valence-corrected chi connectivity index (χ0v) is 15.1. The van der Waals surface area contributed by atoms with Gasteiger partial charge >= 0.3 is 0 Å². The molecule has 0 radical (unpaired) electrons. The van der Waals surface area contributed by atoms with Gasteiger partial charge in [-0.05, 0) is 37.1 Å². The molecule has 0 aliphatic heterocycles. The minimum atomic E-state index is -2.51. The number of pyridine rings is 1. The minimum Gasteiger partial charge on any atom is -0.487 e. The highest BCUT2D eigenvalue weighted by Crippen LogP contribution is 2.21. The number of fused-ring (bicyclic) bond motifs is 1. The highest BCUT2D eigenvalue weighted by atomic mass is 19.3. The summed E-state index contributed by atoms with van der Waals surface area (Å²) in [5, 5.41) is 7.91. The van der Waals surface area contributed by atoms with Gasteiger partial charge in [-0.15, -0.1) is 0 Å². The topological polar surface area (TPSA) is 69.0 Å². The van der Waals surface area contributed by atoms with Gasteiger partial charge in [0.2, 0.25) is 0 Å². The van der Waals surface area contributed by atoms with E-state index in [9.17, 15) is 13.6 Å². The van der Waals surface area contributed by atoms with Gasteiger partial charge in [0.15, 0.2) is 0 Å². The van der Waals surface area contributed by atoms with Crippen LogP contribution in [0.4, 0.5) is 8.78 Å². The van der Waals surface area contributed by atoms with Crippen molar-refractivity contribution in [1.29, 1.82) is 0 Å². The number of ether oxygens (including phenoxy) is 1. The number of nitrogens with zero attached hydrogens (tertiary/aromatic N) is 3. The Kier molecular flexibility index (Phi) is 5.63. The molecule has 2 heterocycles. The standard InChI is InChI=1S/C19H20F2N4O2/c1-3-22-19(26)18-14-10-25(24-15(14)6-7-23-18)9-13-4-5-16(12(2)8-13)27-11-17(20)21/h4-8,10,17H,3,9,11H2,1-2H3,(H,22,26). The van der Waals surface area contributed by atoms with Gasteiger partial charge in [0.25, 0.3) is 12.3 Å². The zero-order valence-electron chi connectivity index (χ0n) is 15.1. The van der Waals surface area contributed by atoms with E-state index < -0.39 is 13.0 Å². The van der Waals surface area contributed by atoms with Crippen molar-refractivity contribution >= 4 is 16.8 Å². The SMILES string of the molecule is CCNC(=O)c1nccc2nn(Cc3ccc(OCC(F)F)c(C)c3)cc12. The number of alkyl halides is 2. The van der Waals surface area contributed by atoms with Crippen LogP contribution in [0.25, 0.3) is 10.9 Å². The summed E-state index contributed by atoms with van der Waals surface area (Å²) < 4.78 is 31.4. The second-order valence-electron chi connectivity index (χ2n) is 6.08. The van der Waals surface area contributed by atoms with E-state index in [0.29, 0.717) is 35.4 Å². The van der Waals surface area contributed by atoms with Crippen molar-refractivity contribution in [2.45, 2.75) is 26.8 Å². The van der Waals surface area contributed by atoms with E-state index in [1.165, 1.54) is 0 Å². The van der Waals surface area contributed by atoms with Gasteiger partial charge in [0.05, 0.1) is 17.4 Å². The molecule has 8 heteroatoms. The lowest BCUT2D eigenvalue weighted by Crippen LogP contribution is -2.23. The predicted molar refractivity (Wildman–Crippen MR) is 97.3 cm³/mol. The van der Waals surface area contributed by atoms with E-state index in [4.69, 9.17) is 4.74 Å². The van der Waals surface area contributed by atoms with Gasteiger partial charge in [-0.3, -0.25) is 14.5 Å². The summed E-state index contributed by atoms with van der Waals surface area (Å²) in [6, 6.07) is 7.11. The lowest BCUT2D eigenvalue weighted by Gasteiger charge is -2.10. The van der Waals surface area contributed by atoms with E-state index in [1.807, 2.05) is 19.1 Å². The molecule has 0 saturated carbocycles. The summed E-state index contributed by atoms with van der Waals surface area (Å²) in [6.45, 7) is 4.02. The van der Waals surface area contributed by atoms with E-state index >= 15 is 0 Å². The summed E-state index contributed by atoms with van der Waals surface area (Å²) in [4.78, 5) is 16.3. The second-order valence-corrected chi connectivity index (χ2v) is 6.08. The highest BCUT2D eigenvalue weighted by molar-refractivity contribution is 6.04. The number of carbonyl (C=O) groups excluding carboxylic acids is 1. The predicted octanol–water partition coefficient (Wildman–Crippen LogP) is 3.18. The molecule has 0 bridgehead atoms. The average molecular weight is 374 g/mol. The molecular weight excluding hydrogens is 354 g/mol. The molecule has 1 aromatic carbocycles. The molecule has 6 nitrogen and oxygen atoms in total. The average Bonchev–Trinajstić information content (AvgIpc) is 3.03. The lowest BCUT2D eigenvalue weighted by molar-refractivity contribution is 0.0815. The Morgan fingerprint density at radius 3 is 2.85 bits per heavy atom. The van der Waals surface area contributed by atoms with E-state index in [2.05, 4.69) is 15.4 Å². The second kappa shape index (κ2) is 8.11. The molecule has 1 amide bonds. The Bertz CT molecular complexity index is 956. The van der Waals surface area contributed by atoms with Crippen LogP contribution in [-0.2, 0) is 6.54 Å². The van der Waals surface area contributed by atoms with Crippen molar-refractivity contribution in [3.63, 3.8) is 0 Å². The van der Waals surface area contributed by atoms with Gasteiger partial charge < -0.3 is 10.1 Å².